The highest BCUT2D eigenvalue weighted by Gasteiger charge is 2.50. The summed E-state index contributed by atoms with van der Waals surface area (Å²) in [5.74, 6) is 5.76. The first-order valence-electron chi connectivity index (χ1n) is 8.60. The highest BCUT2D eigenvalue weighted by molar-refractivity contribution is 5.77. The maximum absolute atomic E-state index is 12.0. The number of aliphatic hydroxyl groups excluding tert-OH is 1. The molecule has 1 fully saturated rings. The first-order valence-corrected chi connectivity index (χ1v) is 8.60. The van der Waals surface area contributed by atoms with Crippen LogP contribution in [0.2, 0.25) is 0 Å². The molecule has 6 heteroatoms. The number of carbonyl (C=O) groups excluding carboxylic acids is 2. The molecule has 3 atom stereocenters. The minimum atomic E-state index is -0.275. The fraction of sp³-hybridized carbons (Fsp3) is 0.500. The Hall–Kier alpha value is -2.36. The van der Waals surface area contributed by atoms with Crippen molar-refractivity contribution in [1.29, 1.82) is 0 Å². The molecule has 6 nitrogen and oxygen atoms in total. The van der Waals surface area contributed by atoms with Gasteiger partial charge >= 0.3 is 0 Å². The van der Waals surface area contributed by atoms with Crippen molar-refractivity contribution in [3.05, 3.63) is 35.4 Å². The molecule has 0 spiro atoms. The number of methoxy groups -OCH3 is 1. The van der Waals surface area contributed by atoms with Crippen LogP contribution < -0.4 is 0 Å². The van der Waals surface area contributed by atoms with Crippen LogP contribution in [-0.4, -0.2) is 72.7 Å². The number of nitrogens with zero attached hydrogens (tertiary/aromatic N) is 2. The lowest BCUT2D eigenvalue weighted by atomic mass is 9.74. The number of likely N-dealkylation sites (N-methyl/N-ethyl adjacent to an activating group) is 1. The Kier molecular flexibility index (Phi) is 6.78. The fourth-order valence-corrected chi connectivity index (χ4v) is 3.47. The Morgan fingerprint density at radius 1 is 1.23 bits per heavy atom. The Balaban J connectivity index is 2.24. The normalized spacial score (nSPS) is 21.4. The van der Waals surface area contributed by atoms with Gasteiger partial charge in [0.2, 0.25) is 11.8 Å². The van der Waals surface area contributed by atoms with Gasteiger partial charge in [-0.3, -0.25) is 9.59 Å². The molecular formula is C20H26N2O4. The largest absolute Gasteiger partial charge is 0.394 e. The zero-order valence-electron chi connectivity index (χ0n) is 15.7. The minimum Gasteiger partial charge on any atom is -0.394 e. The van der Waals surface area contributed by atoms with Crippen LogP contribution in [0.25, 0.3) is 0 Å². The molecular weight excluding hydrogens is 332 g/mol. The number of rotatable bonds is 5. The summed E-state index contributed by atoms with van der Waals surface area (Å²) < 4.78 is 4.91. The van der Waals surface area contributed by atoms with Crippen molar-refractivity contribution in [2.24, 2.45) is 0 Å². The van der Waals surface area contributed by atoms with Crippen molar-refractivity contribution >= 4 is 11.8 Å². The lowest BCUT2D eigenvalue weighted by Gasteiger charge is -2.55. The smallest absolute Gasteiger partial charge is 0.220 e. The van der Waals surface area contributed by atoms with Gasteiger partial charge in [-0.05, 0) is 17.7 Å². The van der Waals surface area contributed by atoms with E-state index in [9.17, 15) is 14.7 Å². The zero-order valence-corrected chi connectivity index (χ0v) is 15.7. The van der Waals surface area contributed by atoms with E-state index < -0.39 is 0 Å². The molecule has 1 aromatic rings. The van der Waals surface area contributed by atoms with E-state index >= 15 is 0 Å². The number of amides is 2. The van der Waals surface area contributed by atoms with Gasteiger partial charge in [0.1, 0.15) is 6.61 Å². The lowest BCUT2D eigenvalue weighted by Crippen LogP contribution is -2.68. The number of hydrogen-bond donors (Lipinski definition) is 1. The molecule has 0 aromatic heterocycles. The number of carbonyl (C=O) groups is 2. The van der Waals surface area contributed by atoms with Crippen molar-refractivity contribution in [3.63, 3.8) is 0 Å². The first-order chi connectivity index (χ1) is 12.4. The van der Waals surface area contributed by atoms with Gasteiger partial charge in [-0.2, -0.15) is 0 Å². The lowest BCUT2D eigenvalue weighted by molar-refractivity contribution is -0.151. The molecule has 0 unspecified atom stereocenters. The van der Waals surface area contributed by atoms with Gasteiger partial charge in [-0.1, -0.05) is 24.0 Å². The Morgan fingerprint density at radius 3 is 2.38 bits per heavy atom. The summed E-state index contributed by atoms with van der Waals surface area (Å²) in [7, 11) is 3.32. The highest BCUT2D eigenvalue weighted by Crippen LogP contribution is 2.41. The van der Waals surface area contributed by atoms with Crippen LogP contribution in [0.4, 0.5) is 0 Å². The van der Waals surface area contributed by atoms with E-state index in [1.54, 1.807) is 24.0 Å². The van der Waals surface area contributed by atoms with Gasteiger partial charge in [0.05, 0.1) is 18.7 Å². The minimum absolute atomic E-state index is 0.0216. The van der Waals surface area contributed by atoms with Gasteiger partial charge in [-0.25, -0.2) is 0 Å². The van der Waals surface area contributed by atoms with Crippen LogP contribution in [0.3, 0.4) is 0 Å². The summed E-state index contributed by atoms with van der Waals surface area (Å²) in [6, 6.07) is 7.38. The molecule has 1 heterocycles. The van der Waals surface area contributed by atoms with Gasteiger partial charge in [0.15, 0.2) is 0 Å². The van der Waals surface area contributed by atoms with Crippen LogP contribution in [0.5, 0.6) is 0 Å². The van der Waals surface area contributed by atoms with E-state index in [4.69, 9.17) is 4.74 Å². The summed E-state index contributed by atoms with van der Waals surface area (Å²) >= 11 is 0. The summed E-state index contributed by atoms with van der Waals surface area (Å²) in [6.45, 7) is 3.70. The van der Waals surface area contributed by atoms with Crippen LogP contribution in [0.15, 0.2) is 24.3 Å². The van der Waals surface area contributed by atoms with Crippen molar-refractivity contribution in [2.75, 3.05) is 33.9 Å². The topological polar surface area (TPSA) is 70.1 Å². The summed E-state index contributed by atoms with van der Waals surface area (Å²) in [5.41, 5.74) is 1.91. The predicted octanol–water partition coefficient (Wildman–Crippen LogP) is 0.838. The number of aliphatic hydroxyl groups is 1. The zero-order chi connectivity index (χ0) is 19.3. The van der Waals surface area contributed by atoms with E-state index in [-0.39, 0.29) is 36.4 Å². The number of benzene rings is 1. The highest BCUT2D eigenvalue weighted by atomic mass is 16.5. The second kappa shape index (κ2) is 8.84. The maximum atomic E-state index is 12.0. The van der Waals surface area contributed by atoms with E-state index in [1.807, 2.05) is 24.3 Å². The third-order valence-electron chi connectivity index (χ3n) is 4.84. The molecule has 140 valence electrons. The number of hydrogen-bond acceptors (Lipinski definition) is 4. The molecule has 0 bridgehead atoms. The molecule has 26 heavy (non-hydrogen) atoms. The molecule has 1 aromatic carbocycles. The molecule has 0 saturated carbocycles. The van der Waals surface area contributed by atoms with Gasteiger partial charge in [0, 0.05) is 46.0 Å². The Bertz CT molecular complexity index is 705. The van der Waals surface area contributed by atoms with Gasteiger partial charge in [-0.15, -0.1) is 0 Å². The van der Waals surface area contributed by atoms with E-state index in [0.717, 1.165) is 11.1 Å². The first kappa shape index (κ1) is 20.0. The molecule has 2 rings (SSSR count). The standard InChI is InChI=1S/C20H26N2O4/c1-14(24)21(3)12-18-20(19(13-23)22(18)15(2)25)17-9-7-16(8-10-17)6-5-11-26-4/h7-10,18-20,23H,11-13H2,1-4H3/t18-,19-,20-/m1/s1. The summed E-state index contributed by atoms with van der Waals surface area (Å²) in [6.07, 6.45) is 0. The molecule has 2 amide bonds. The third kappa shape index (κ3) is 4.24. The van der Waals surface area contributed by atoms with Crippen LogP contribution in [0, 0.1) is 11.8 Å². The fourth-order valence-electron chi connectivity index (χ4n) is 3.47. The molecule has 1 saturated heterocycles. The van der Waals surface area contributed by atoms with Crippen LogP contribution >= 0.6 is 0 Å². The molecule has 0 aliphatic carbocycles. The number of ether oxygens (including phenoxy) is 1. The monoisotopic (exact) mass is 358 g/mol. The molecule has 1 aliphatic heterocycles. The second-order valence-electron chi connectivity index (χ2n) is 6.53. The van der Waals surface area contributed by atoms with Crippen molar-refractivity contribution in [2.45, 2.75) is 31.8 Å². The maximum Gasteiger partial charge on any atom is 0.220 e. The average Bonchev–Trinajstić information content (AvgIpc) is 2.59. The SMILES string of the molecule is COCC#Cc1ccc([C@H]2[C@@H](CO)N(C(C)=O)[C@@H]2CN(C)C(C)=O)cc1. The number of likely N-dealkylation sites (tertiary alicyclic amines) is 1. The van der Waals surface area contributed by atoms with Crippen molar-refractivity contribution in [3.8, 4) is 11.8 Å². The Labute approximate surface area is 154 Å². The van der Waals surface area contributed by atoms with E-state index in [1.165, 1.54) is 13.8 Å². The quantitative estimate of drug-likeness (QED) is 0.792. The Morgan fingerprint density at radius 2 is 1.88 bits per heavy atom. The molecule has 1 N–H and O–H groups in total. The van der Waals surface area contributed by atoms with Gasteiger partial charge in [0.25, 0.3) is 0 Å². The van der Waals surface area contributed by atoms with Crippen molar-refractivity contribution in [1.82, 2.24) is 9.80 Å². The average molecular weight is 358 g/mol. The predicted molar refractivity (Wildman–Crippen MR) is 98.4 cm³/mol. The van der Waals surface area contributed by atoms with Crippen molar-refractivity contribution < 1.29 is 19.4 Å². The molecule has 1 aliphatic rings. The molecule has 0 radical (unpaired) electrons. The van der Waals surface area contributed by atoms with Crippen LogP contribution in [0.1, 0.15) is 30.9 Å². The second-order valence-corrected chi connectivity index (χ2v) is 6.53. The van der Waals surface area contributed by atoms with Gasteiger partial charge < -0.3 is 19.6 Å². The van der Waals surface area contributed by atoms with Crippen LogP contribution in [-0.2, 0) is 14.3 Å². The summed E-state index contributed by atoms with van der Waals surface area (Å²) in [5, 5.41) is 9.79. The van der Waals surface area contributed by atoms with E-state index in [0.29, 0.717) is 13.2 Å². The van der Waals surface area contributed by atoms with E-state index in [2.05, 4.69) is 11.8 Å². The third-order valence-corrected chi connectivity index (χ3v) is 4.84. The summed E-state index contributed by atoms with van der Waals surface area (Å²) in [4.78, 5) is 26.9.